The first kappa shape index (κ1) is 8.80. The summed E-state index contributed by atoms with van der Waals surface area (Å²) in [5.74, 6) is 0. The highest BCUT2D eigenvalue weighted by Crippen LogP contribution is 2.38. The highest BCUT2D eigenvalue weighted by Gasteiger charge is 2.13. The second-order valence-corrected chi connectivity index (χ2v) is 4.95. The van der Waals surface area contributed by atoms with E-state index < -0.39 is 0 Å². The van der Waals surface area contributed by atoms with Crippen molar-refractivity contribution in [2.24, 2.45) is 0 Å². The van der Waals surface area contributed by atoms with E-state index in [2.05, 4.69) is 12.2 Å². The molecule has 0 spiro atoms. The van der Waals surface area contributed by atoms with Crippen molar-refractivity contribution in [3.63, 3.8) is 0 Å². The van der Waals surface area contributed by atoms with E-state index in [0.29, 0.717) is 11.4 Å². The Morgan fingerprint density at radius 1 is 1.13 bits per heavy atom. The first-order valence-electron chi connectivity index (χ1n) is 5.02. The van der Waals surface area contributed by atoms with E-state index in [0.717, 1.165) is 12.8 Å². The molecule has 1 aromatic carbocycles. The van der Waals surface area contributed by atoms with Gasteiger partial charge in [0, 0.05) is 9.58 Å². The van der Waals surface area contributed by atoms with Crippen LogP contribution < -0.4 is 11.5 Å². The summed E-state index contributed by atoms with van der Waals surface area (Å²) < 4.78 is 1.25. The van der Waals surface area contributed by atoms with Crippen LogP contribution in [0.5, 0.6) is 0 Å². The predicted octanol–water partition coefficient (Wildman–Crippen LogP) is 3.03. The number of anilines is 2. The third kappa shape index (κ3) is 1.23. The smallest absolute Gasteiger partial charge is 0.0562 e. The van der Waals surface area contributed by atoms with Gasteiger partial charge in [-0.05, 0) is 42.0 Å². The molecule has 0 unspecified atom stereocenters. The minimum atomic E-state index is 0.685. The molecule has 15 heavy (non-hydrogen) atoms. The number of nitrogens with two attached hydrogens (primary N) is 2. The van der Waals surface area contributed by atoms with Gasteiger partial charge in [-0.3, -0.25) is 0 Å². The highest BCUT2D eigenvalue weighted by molar-refractivity contribution is 7.20. The number of fused-ring (bicyclic) bond motifs is 3. The predicted molar refractivity (Wildman–Crippen MR) is 68.0 cm³/mol. The average molecular weight is 216 g/mol. The summed E-state index contributed by atoms with van der Waals surface area (Å²) in [6.45, 7) is 0. The van der Waals surface area contributed by atoms with E-state index in [9.17, 15) is 0 Å². The fourth-order valence-electron chi connectivity index (χ4n) is 2.06. The van der Waals surface area contributed by atoms with Crippen molar-refractivity contribution in [2.45, 2.75) is 12.8 Å². The van der Waals surface area contributed by atoms with E-state index >= 15 is 0 Å². The molecule has 0 atom stereocenters. The maximum absolute atomic E-state index is 5.84. The van der Waals surface area contributed by atoms with Gasteiger partial charge in [0.05, 0.1) is 11.4 Å². The molecule has 1 aliphatic carbocycles. The van der Waals surface area contributed by atoms with Crippen LogP contribution >= 0.6 is 11.3 Å². The van der Waals surface area contributed by atoms with E-state index in [-0.39, 0.29) is 0 Å². The molecule has 0 radical (unpaired) electrons. The number of hydrogen-bond acceptors (Lipinski definition) is 3. The Bertz CT molecular complexity index is 566. The van der Waals surface area contributed by atoms with Crippen molar-refractivity contribution in [3.05, 3.63) is 28.6 Å². The summed E-state index contributed by atoms with van der Waals surface area (Å²) in [5, 5.41) is 1.28. The molecular formula is C12H12N2S. The van der Waals surface area contributed by atoms with Crippen LogP contribution in [0.3, 0.4) is 0 Å². The summed E-state index contributed by atoms with van der Waals surface area (Å²) >= 11 is 1.80. The fraction of sp³-hybridized carbons (Fsp3) is 0.167. The summed E-state index contributed by atoms with van der Waals surface area (Å²) in [5.41, 5.74) is 14.5. The lowest BCUT2D eigenvalue weighted by molar-refractivity contribution is 1.01. The molecule has 2 nitrogen and oxygen atoms in total. The molecule has 0 saturated heterocycles. The van der Waals surface area contributed by atoms with Gasteiger partial charge in [0.25, 0.3) is 0 Å². The minimum absolute atomic E-state index is 0.685. The van der Waals surface area contributed by atoms with E-state index in [1.54, 1.807) is 11.3 Å². The summed E-state index contributed by atoms with van der Waals surface area (Å²) in [4.78, 5) is 1.36. The van der Waals surface area contributed by atoms with E-state index in [1.165, 1.54) is 20.5 Å². The topological polar surface area (TPSA) is 52.0 Å². The van der Waals surface area contributed by atoms with Gasteiger partial charge < -0.3 is 11.5 Å². The molecule has 1 aromatic heterocycles. The number of aryl methyl sites for hydroxylation is 1. The molecule has 4 N–H and O–H groups in total. The second kappa shape index (κ2) is 3.00. The Labute approximate surface area is 92.2 Å². The van der Waals surface area contributed by atoms with Crippen molar-refractivity contribution < 1.29 is 0 Å². The third-order valence-corrected chi connectivity index (χ3v) is 4.02. The first-order chi connectivity index (χ1) is 7.25. The normalized spacial score (nSPS) is 14.4. The molecule has 0 bridgehead atoms. The van der Waals surface area contributed by atoms with Crippen molar-refractivity contribution in [1.82, 2.24) is 0 Å². The molecule has 3 heteroatoms. The summed E-state index contributed by atoms with van der Waals surface area (Å²) in [7, 11) is 0. The van der Waals surface area contributed by atoms with Crippen molar-refractivity contribution in [3.8, 4) is 0 Å². The zero-order valence-corrected chi connectivity index (χ0v) is 9.10. The quantitative estimate of drug-likeness (QED) is 0.665. The molecule has 1 heterocycles. The van der Waals surface area contributed by atoms with Crippen LogP contribution in [0.2, 0.25) is 0 Å². The Morgan fingerprint density at radius 3 is 2.80 bits per heavy atom. The Kier molecular flexibility index (Phi) is 1.76. The molecule has 0 saturated carbocycles. The largest absolute Gasteiger partial charge is 0.397 e. The van der Waals surface area contributed by atoms with Crippen molar-refractivity contribution >= 4 is 38.9 Å². The van der Waals surface area contributed by atoms with Gasteiger partial charge in [-0.1, -0.05) is 6.08 Å². The lowest BCUT2D eigenvalue weighted by Gasteiger charge is -2.05. The lowest BCUT2D eigenvalue weighted by atomic mass is 10.0. The Balaban J connectivity index is 2.38. The SMILES string of the molecule is Nc1cc2sc3c(c2cc1N)CCC=C3. The van der Waals surface area contributed by atoms with Gasteiger partial charge in [0.15, 0.2) is 0 Å². The number of nitrogen functional groups attached to an aromatic ring is 2. The van der Waals surface area contributed by atoms with Gasteiger partial charge in [0.1, 0.15) is 0 Å². The Hall–Kier alpha value is -1.48. The van der Waals surface area contributed by atoms with Gasteiger partial charge >= 0.3 is 0 Å². The van der Waals surface area contributed by atoms with Gasteiger partial charge in [-0.15, -0.1) is 11.3 Å². The highest BCUT2D eigenvalue weighted by atomic mass is 32.1. The third-order valence-electron chi connectivity index (χ3n) is 2.86. The molecule has 2 aromatic rings. The number of allylic oxidation sites excluding steroid dienone is 1. The molecule has 0 amide bonds. The van der Waals surface area contributed by atoms with Crippen LogP contribution in [-0.2, 0) is 6.42 Å². The zero-order chi connectivity index (χ0) is 10.4. The van der Waals surface area contributed by atoms with Crippen LogP contribution in [0.1, 0.15) is 16.9 Å². The molecule has 76 valence electrons. The monoisotopic (exact) mass is 216 g/mol. The summed E-state index contributed by atoms with van der Waals surface area (Å²) in [6.07, 6.45) is 6.68. The average Bonchev–Trinajstić information content (AvgIpc) is 2.57. The second-order valence-electron chi connectivity index (χ2n) is 3.86. The summed E-state index contributed by atoms with van der Waals surface area (Å²) in [6, 6.07) is 4.00. The lowest BCUT2D eigenvalue weighted by Crippen LogP contribution is -1.94. The number of benzene rings is 1. The number of thiophene rings is 1. The standard InChI is InChI=1S/C12H12N2S/c13-9-5-8-7-3-1-2-4-11(7)15-12(8)6-10(9)14/h2,4-6H,1,3,13-14H2. The van der Waals surface area contributed by atoms with E-state index in [1.807, 2.05) is 12.1 Å². The number of hydrogen-bond donors (Lipinski definition) is 2. The fourth-order valence-corrected chi connectivity index (χ4v) is 3.27. The van der Waals surface area contributed by atoms with Crippen LogP contribution in [0.15, 0.2) is 18.2 Å². The molecule has 3 rings (SSSR count). The molecular weight excluding hydrogens is 204 g/mol. The maximum atomic E-state index is 5.84. The van der Waals surface area contributed by atoms with Crippen LogP contribution in [-0.4, -0.2) is 0 Å². The first-order valence-corrected chi connectivity index (χ1v) is 5.84. The zero-order valence-electron chi connectivity index (χ0n) is 8.29. The molecule has 1 aliphatic rings. The molecule has 0 fully saturated rings. The van der Waals surface area contributed by atoms with Crippen LogP contribution in [0, 0.1) is 0 Å². The van der Waals surface area contributed by atoms with Crippen molar-refractivity contribution in [1.29, 1.82) is 0 Å². The van der Waals surface area contributed by atoms with Gasteiger partial charge in [-0.25, -0.2) is 0 Å². The minimum Gasteiger partial charge on any atom is -0.397 e. The van der Waals surface area contributed by atoms with Crippen molar-refractivity contribution in [2.75, 3.05) is 11.5 Å². The maximum Gasteiger partial charge on any atom is 0.0562 e. The van der Waals surface area contributed by atoms with Crippen LogP contribution in [0.4, 0.5) is 11.4 Å². The Morgan fingerprint density at radius 2 is 1.93 bits per heavy atom. The number of rotatable bonds is 0. The van der Waals surface area contributed by atoms with Gasteiger partial charge in [0.2, 0.25) is 0 Å². The van der Waals surface area contributed by atoms with Crippen LogP contribution in [0.25, 0.3) is 16.2 Å². The van der Waals surface area contributed by atoms with Gasteiger partial charge in [-0.2, -0.15) is 0 Å². The van der Waals surface area contributed by atoms with E-state index in [4.69, 9.17) is 11.5 Å². The molecule has 0 aliphatic heterocycles.